The fourth-order valence-electron chi connectivity index (χ4n) is 3.22. The normalized spacial score (nSPS) is 20.8. The van der Waals surface area contributed by atoms with Crippen molar-refractivity contribution in [3.63, 3.8) is 0 Å². The molecule has 0 aromatic carbocycles. The Morgan fingerprint density at radius 1 is 1.25 bits per heavy atom. The average molecular weight is 395 g/mol. The second-order valence-corrected chi connectivity index (χ2v) is 8.86. The smallest absolute Gasteiger partial charge is 0.407 e. The summed E-state index contributed by atoms with van der Waals surface area (Å²) in [4.78, 5) is 24.7. The monoisotopic (exact) mass is 394 g/mol. The van der Waals surface area contributed by atoms with Crippen molar-refractivity contribution in [1.82, 2.24) is 10.6 Å². The zero-order chi connectivity index (χ0) is 20.7. The Kier molecular flexibility index (Phi) is 7.92. The molecule has 0 spiro atoms. The van der Waals surface area contributed by atoms with Crippen LogP contribution in [0.2, 0.25) is 0 Å². The van der Waals surface area contributed by atoms with Crippen LogP contribution in [0.5, 0.6) is 0 Å². The van der Waals surface area contributed by atoms with Crippen LogP contribution in [0.3, 0.4) is 0 Å². The lowest BCUT2D eigenvalue weighted by Gasteiger charge is -2.22. The van der Waals surface area contributed by atoms with Gasteiger partial charge in [0.15, 0.2) is 0 Å². The molecule has 0 bridgehead atoms. The maximum absolute atomic E-state index is 12.8. The zero-order valence-electron chi connectivity index (χ0n) is 17.6. The molecule has 1 heterocycles. The van der Waals surface area contributed by atoms with E-state index in [1.807, 2.05) is 26.8 Å². The molecule has 1 aromatic heterocycles. The lowest BCUT2D eigenvalue weighted by atomic mass is 10.1. The molecule has 1 fully saturated rings. The number of carbonyl (C=O) groups is 2. The van der Waals surface area contributed by atoms with Crippen molar-refractivity contribution in [2.45, 2.75) is 71.6 Å². The first-order valence-corrected chi connectivity index (χ1v) is 10.0. The highest BCUT2D eigenvalue weighted by Gasteiger charge is 2.33. The van der Waals surface area contributed by atoms with Crippen LogP contribution < -0.4 is 10.6 Å². The predicted octanol–water partition coefficient (Wildman–Crippen LogP) is 3.80. The molecule has 28 heavy (non-hydrogen) atoms. The third kappa shape index (κ3) is 7.54. The van der Waals surface area contributed by atoms with Crippen LogP contribution in [0.15, 0.2) is 22.8 Å². The number of alkyl carbamates (subject to hydrolysis) is 1. The van der Waals surface area contributed by atoms with Crippen molar-refractivity contribution in [1.29, 1.82) is 0 Å². The van der Waals surface area contributed by atoms with Crippen molar-refractivity contribution in [3.8, 4) is 0 Å². The van der Waals surface area contributed by atoms with E-state index in [0.29, 0.717) is 31.3 Å². The molecule has 158 valence electrons. The Morgan fingerprint density at radius 3 is 2.61 bits per heavy atom. The minimum Gasteiger partial charge on any atom is -0.467 e. The van der Waals surface area contributed by atoms with Gasteiger partial charge < -0.3 is 24.5 Å². The summed E-state index contributed by atoms with van der Waals surface area (Å²) in [5, 5.41) is 5.91. The first kappa shape index (κ1) is 22.3. The molecular formula is C21H34N2O5. The Hall–Kier alpha value is -2.02. The van der Waals surface area contributed by atoms with E-state index in [9.17, 15) is 9.59 Å². The minimum atomic E-state index is -0.536. The maximum atomic E-state index is 12.8. The third-order valence-corrected chi connectivity index (χ3v) is 4.46. The number of hydrogen-bond donors (Lipinski definition) is 2. The van der Waals surface area contributed by atoms with Crippen LogP contribution in [0.1, 0.15) is 65.7 Å². The molecule has 0 radical (unpaired) electrons. The van der Waals surface area contributed by atoms with E-state index in [1.165, 1.54) is 0 Å². The lowest BCUT2D eigenvalue weighted by molar-refractivity contribution is -0.126. The number of nitrogens with one attached hydrogen (secondary N) is 2. The van der Waals surface area contributed by atoms with Crippen molar-refractivity contribution in [3.05, 3.63) is 24.2 Å². The van der Waals surface area contributed by atoms with E-state index >= 15 is 0 Å². The number of hydrogen-bond acceptors (Lipinski definition) is 5. The van der Waals surface area contributed by atoms with Crippen molar-refractivity contribution in [2.75, 3.05) is 13.2 Å². The highest BCUT2D eigenvalue weighted by atomic mass is 16.6. The van der Waals surface area contributed by atoms with E-state index in [4.69, 9.17) is 13.9 Å². The fourth-order valence-corrected chi connectivity index (χ4v) is 3.22. The Labute approximate surface area is 167 Å². The molecule has 7 heteroatoms. The van der Waals surface area contributed by atoms with E-state index in [1.54, 1.807) is 12.3 Å². The second-order valence-electron chi connectivity index (χ2n) is 8.86. The predicted molar refractivity (Wildman–Crippen MR) is 106 cm³/mol. The van der Waals surface area contributed by atoms with Crippen molar-refractivity contribution < 1.29 is 23.5 Å². The molecule has 0 aliphatic heterocycles. The number of furan rings is 1. The fraction of sp³-hybridized carbons (Fsp3) is 0.714. The van der Waals surface area contributed by atoms with Gasteiger partial charge in [-0.15, -0.1) is 0 Å². The summed E-state index contributed by atoms with van der Waals surface area (Å²) in [6, 6.07) is 3.27. The molecule has 2 N–H and O–H groups in total. The molecule has 1 aliphatic rings. The maximum Gasteiger partial charge on any atom is 0.407 e. The number of carbonyl (C=O) groups excluding carboxylic acids is 2. The van der Waals surface area contributed by atoms with Crippen LogP contribution in [-0.4, -0.2) is 36.9 Å². The molecule has 1 saturated carbocycles. The topological polar surface area (TPSA) is 89.8 Å². The van der Waals surface area contributed by atoms with Gasteiger partial charge in [0.05, 0.1) is 12.9 Å². The number of amides is 2. The minimum absolute atomic E-state index is 0.0389. The van der Waals surface area contributed by atoms with Crippen LogP contribution >= 0.6 is 0 Å². The molecule has 0 saturated heterocycles. The van der Waals surface area contributed by atoms with Gasteiger partial charge in [0.1, 0.15) is 17.4 Å². The quantitative estimate of drug-likeness (QED) is 0.700. The van der Waals surface area contributed by atoms with Crippen LogP contribution in [-0.2, 0) is 14.3 Å². The van der Waals surface area contributed by atoms with Gasteiger partial charge in [0.2, 0.25) is 5.91 Å². The van der Waals surface area contributed by atoms with Crippen LogP contribution in [0, 0.1) is 11.8 Å². The molecule has 1 aromatic rings. The third-order valence-electron chi connectivity index (χ3n) is 4.46. The Morgan fingerprint density at radius 2 is 2.00 bits per heavy atom. The molecule has 1 aliphatic carbocycles. The summed E-state index contributed by atoms with van der Waals surface area (Å²) in [5.74, 6) is 0.909. The van der Waals surface area contributed by atoms with Gasteiger partial charge in [0.25, 0.3) is 0 Å². The summed E-state index contributed by atoms with van der Waals surface area (Å²) in [7, 11) is 0. The number of rotatable bonds is 8. The summed E-state index contributed by atoms with van der Waals surface area (Å²) in [6.45, 7) is 10.6. The molecular weight excluding hydrogens is 360 g/mol. The molecule has 7 nitrogen and oxygen atoms in total. The number of ether oxygens (including phenoxy) is 2. The van der Waals surface area contributed by atoms with Crippen LogP contribution in [0.25, 0.3) is 0 Å². The van der Waals surface area contributed by atoms with E-state index in [-0.39, 0.29) is 23.9 Å². The average Bonchev–Trinajstić information content (AvgIpc) is 3.23. The van der Waals surface area contributed by atoms with Gasteiger partial charge >= 0.3 is 6.09 Å². The molecule has 3 atom stereocenters. The van der Waals surface area contributed by atoms with Gasteiger partial charge in [0, 0.05) is 18.6 Å². The molecule has 2 rings (SSSR count). The molecule has 2 amide bonds. The van der Waals surface area contributed by atoms with Crippen molar-refractivity contribution >= 4 is 12.0 Å². The molecule has 0 unspecified atom stereocenters. The van der Waals surface area contributed by atoms with Gasteiger partial charge in [-0.05, 0) is 58.1 Å². The first-order chi connectivity index (χ1) is 13.1. The highest BCUT2D eigenvalue weighted by Crippen LogP contribution is 2.27. The summed E-state index contributed by atoms with van der Waals surface area (Å²) in [6.07, 6.45) is 3.24. The van der Waals surface area contributed by atoms with Crippen molar-refractivity contribution in [2.24, 2.45) is 11.8 Å². The zero-order valence-corrected chi connectivity index (χ0v) is 17.6. The van der Waals surface area contributed by atoms with Gasteiger partial charge in [-0.3, -0.25) is 4.79 Å². The van der Waals surface area contributed by atoms with E-state index in [0.717, 1.165) is 12.8 Å². The van der Waals surface area contributed by atoms with Crippen LogP contribution in [0.4, 0.5) is 4.79 Å². The SMILES string of the molecule is CC(C)COC[C@H](NC(=O)[C@@H]1CC[C@H](NC(=O)OC(C)(C)C)C1)c1ccco1. The highest BCUT2D eigenvalue weighted by molar-refractivity contribution is 5.79. The van der Waals surface area contributed by atoms with Gasteiger partial charge in [-0.1, -0.05) is 13.8 Å². The summed E-state index contributed by atoms with van der Waals surface area (Å²) in [5.41, 5.74) is -0.536. The largest absolute Gasteiger partial charge is 0.467 e. The van der Waals surface area contributed by atoms with E-state index in [2.05, 4.69) is 24.5 Å². The summed E-state index contributed by atoms with van der Waals surface area (Å²) >= 11 is 0. The van der Waals surface area contributed by atoms with E-state index < -0.39 is 11.7 Å². The second kappa shape index (κ2) is 9.96. The Bertz CT molecular complexity index is 621. The lowest BCUT2D eigenvalue weighted by Crippen LogP contribution is -2.39. The standard InChI is InChI=1S/C21H34N2O5/c1-14(2)12-26-13-17(18-7-6-10-27-18)23-19(24)15-8-9-16(11-15)22-20(25)28-21(3,4)5/h6-7,10,14-17H,8-9,11-13H2,1-5H3,(H,22,25)(H,23,24)/t15-,16+,17+/m1/s1. The first-order valence-electron chi connectivity index (χ1n) is 10.0. The summed E-state index contributed by atoms with van der Waals surface area (Å²) < 4.78 is 16.5. The van der Waals surface area contributed by atoms with Gasteiger partial charge in [-0.2, -0.15) is 0 Å². The Balaban J connectivity index is 1.85. The van der Waals surface area contributed by atoms with Gasteiger partial charge in [-0.25, -0.2) is 4.79 Å².